The van der Waals surface area contributed by atoms with E-state index in [4.69, 9.17) is 9.47 Å². The minimum atomic E-state index is -0.358. The highest BCUT2D eigenvalue weighted by atomic mass is 16.7. The number of carbonyl (C=O) groups excluding carboxylic acids is 1. The van der Waals surface area contributed by atoms with Gasteiger partial charge in [0, 0.05) is 38.9 Å². The van der Waals surface area contributed by atoms with Gasteiger partial charge in [-0.05, 0) is 67.6 Å². The maximum Gasteiger partial charge on any atom is 0.167 e. The van der Waals surface area contributed by atoms with Gasteiger partial charge in [-0.15, -0.1) is 0 Å². The van der Waals surface area contributed by atoms with Crippen LogP contribution >= 0.6 is 0 Å². The zero-order chi connectivity index (χ0) is 17.2. The molecule has 4 aliphatic rings. The third kappa shape index (κ3) is 2.13. The molecule has 4 rings (SSSR count). The van der Waals surface area contributed by atoms with E-state index in [0.717, 1.165) is 43.9 Å². The number of ketones is 1. The molecule has 1 unspecified atom stereocenters. The van der Waals surface area contributed by atoms with Gasteiger partial charge >= 0.3 is 0 Å². The van der Waals surface area contributed by atoms with Crippen LogP contribution in [0.1, 0.15) is 71.6 Å². The Balaban J connectivity index is 1.60. The van der Waals surface area contributed by atoms with Crippen LogP contribution in [0.4, 0.5) is 0 Å². The molecule has 24 heavy (non-hydrogen) atoms. The minimum Gasteiger partial charge on any atom is -0.353 e. The summed E-state index contributed by atoms with van der Waals surface area (Å²) in [7, 11) is 3.60. The lowest BCUT2D eigenvalue weighted by Crippen LogP contribution is -2.56. The minimum absolute atomic E-state index is 0.00183. The average molecular weight is 335 g/mol. The van der Waals surface area contributed by atoms with Crippen molar-refractivity contribution in [1.82, 2.24) is 0 Å². The SMILES string of the molecule is COC1(OC)CC[C@@]2(C)C(CC[C@@H]3[C@@H]2CC[C@]2(C)C(=O)CC[C@@H]32)C1. The van der Waals surface area contributed by atoms with Crippen molar-refractivity contribution in [2.45, 2.75) is 77.4 Å². The van der Waals surface area contributed by atoms with Crippen LogP contribution < -0.4 is 0 Å². The number of Topliss-reactive ketones (excluding diaryl/α,β-unsaturated/α-hetero) is 1. The van der Waals surface area contributed by atoms with Gasteiger partial charge in [-0.25, -0.2) is 0 Å². The Labute approximate surface area is 146 Å². The number of hydrogen-bond donors (Lipinski definition) is 0. The highest BCUT2D eigenvalue weighted by Crippen LogP contribution is 2.66. The van der Waals surface area contributed by atoms with Crippen molar-refractivity contribution < 1.29 is 14.3 Å². The molecular weight excluding hydrogens is 300 g/mol. The van der Waals surface area contributed by atoms with Crippen LogP contribution in [0, 0.1) is 34.5 Å². The maximum absolute atomic E-state index is 12.5. The third-order valence-corrected chi connectivity index (χ3v) is 9.12. The lowest BCUT2D eigenvalue weighted by atomic mass is 9.45. The van der Waals surface area contributed by atoms with Crippen LogP contribution in [-0.4, -0.2) is 25.8 Å². The summed E-state index contributed by atoms with van der Waals surface area (Å²) >= 11 is 0. The first-order valence-electron chi connectivity index (χ1n) is 10.0. The van der Waals surface area contributed by atoms with Crippen LogP contribution in [0.15, 0.2) is 0 Å². The molecule has 0 N–H and O–H groups in total. The van der Waals surface area contributed by atoms with E-state index in [9.17, 15) is 4.79 Å². The molecule has 0 aromatic rings. The third-order valence-electron chi connectivity index (χ3n) is 9.12. The highest BCUT2D eigenvalue weighted by molar-refractivity contribution is 5.87. The molecule has 0 saturated heterocycles. The van der Waals surface area contributed by atoms with E-state index in [1.165, 1.54) is 25.7 Å². The molecule has 4 fully saturated rings. The second kappa shape index (κ2) is 5.54. The second-order valence-electron chi connectivity index (χ2n) is 9.60. The molecule has 136 valence electrons. The summed E-state index contributed by atoms with van der Waals surface area (Å²) in [6, 6.07) is 0. The lowest BCUT2D eigenvalue weighted by Gasteiger charge is -2.61. The van der Waals surface area contributed by atoms with E-state index in [-0.39, 0.29) is 11.2 Å². The summed E-state index contributed by atoms with van der Waals surface area (Å²) in [5.41, 5.74) is 0.415. The smallest absolute Gasteiger partial charge is 0.167 e. The van der Waals surface area contributed by atoms with Gasteiger partial charge in [0.25, 0.3) is 0 Å². The lowest BCUT2D eigenvalue weighted by molar-refractivity contribution is -0.261. The van der Waals surface area contributed by atoms with Gasteiger partial charge in [0.1, 0.15) is 5.78 Å². The Morgan fingerprint density at radius 2 is 1.67 bits per heavy atom. The highest BCUT2D eigenvalue weighted by Gasteiger charge is 2.61. The quantitative estimate of drug-likeness (QED) is 0.693. The fourth-order valence-electron chi connectivity index (χ4n) is 7.42. The van der Waals surface area contributed by atoms with Crippen LogP contribution in [-0.2, 0) is 14.3 Å². The largest absolute Gasteiger partial charge is 0.353 e. The van der Waals surface area contributed by atoms with Crippen molar-refractivity contribution in [3.05, 3.63) is 0 Å². The number of methoxy groups -OCH3 is 2. The average Bonchev–Trinajstić information content (AvgIpc) is 2.90. The van der Waals surface area contributed by atoms with E-state index in [2.05, 4.69) is 13.8 Å². The summed E-state index contributed by atoms with van der Waals surface area (Å²) in [6.07, 6.45) is 10.2. The topological polar surface area (TPSA) is 35.5 Å². The molecule has 6 atom stereocenters. The van der Waals surface area contributed by atoms with E-state index < -0.39 is 0 Å². The summed E-state index contributed by atoms with van der Waals surface area (Å²) in [5.74, 6) is 3.12. The van der Waals surface area contributed by atoms with E-state index in [0.29, 0.717) is 23.0 Å². The second-order valence-corrected chi connectivity index (χ2v) is 9.60. The van der Waals surface area contributed by atoms with Gasteiger partial charge in [-0.1, -0.05) is 13.8 Å². The molecule has 0 heterocycles. The van der Waals surface area contributed by atoms with Gasteiger partial charge in [-0.3, -0.25) is 4.79 Å². The zero-order valence-electron chi connectivity index (χ0n) is 15.9. The molecule has 0 bridgehead atoms. The van der Waals surface area contributed by atoms with Crippen molar-refractivity contribution in [2.75, 3.05) is 14.2 Å². The molecule has 0 aromatic carbocycles. The molecule has 0 radical (unpaired) electrons. The van der Waals surface area contributed by atoms with Gasteiger partial charge in [0.2, 0.25) is 0 Å². The molecule has 0 aliphatic heterocycles. The number of hydrogen-bond acceptors (Lipinski definition) is 3. The summed E-state index contributed by atoms with van der Waals surface area (Å²) < 4.78 is 11.6. The summed E-state index contributed by atoms with van der Waals surface area (Å²) in [6.45, 7) is 4.82. The van der Waals surface area contributed by atoms with Gasteiger partial charge in [0.15, 0.2) is 5.79 Å². The van der Waals surface area contributed by atoms with Crippen molar-refractivity contribution in [1.29, 1.82) is 0 Å². The Bertz CT molecular complexity index is 525. The van der Waals surface area contributed by atoms with Gasteiger partial charge in [0.05, 0.1) is 0 Å². The van der Waals surface area contributed by atoms with E-state index >= 15 is 0 Å². The summed E-state index contributed by atoms with van der Waals surface area (Å²) in [4.78, 5) is 12.5. The van der Waals surface area contributed by atoms with Crippen molar-refractivity contribution in [3.8, 4) is 0 Å². The Kier molecular flexibility index (Phi) is 3.93. The Morgan fingerprint density at radius 1 is 0.917 bits per heavy atom. The fourth-order valence-corrected chi connectivity index (χ4v) is 7.42. The van der Waals surface area contributed by atoms with E-state index in [1.54, 1.807) is 14.2 Å². The van der Waals surface area contributed by atoms with Crippen LogP contribution in [0.3, 0.4) is 0 Å². The monoisotopic (exact) mass is 334 g/mol. The fraction of sp³-hybridized carbons (Fsp3) is 0.952. The molecule has 0 spiro atoms. The van der Waals surface area contributed by atoms with Crippen molar-refractivity contribution in [2.24, 2.45) is 34.5 Å². The first-order valence-corrected chi connectivity index (χ1v) is 10.0. The molecule has 3 nitrogen and oxygen atoms in total. The number of ether oxygens (including phenoxy) is 2. The number of rotatable bonds is 2. The van der Waals surface area contributed by atoms with E-state index in [1.807, 2.05) is 0 Å². The molecular formula is C21H34O3. The molecule has 0 aromatic heterocycles. The van der Waals surface area contributed by atoms with Crippen molar-refractivity contribution >= 4 is 5.78 Å². The standard InChI is InChI=1S/C21H34O3/c1-19-11-12-21(23-3,24-4)13-14(19)5-6-15-16-7-8-18(22)20(16,2)10-9-17(15)19/h14-17H,5-13H2,1-4H3/t14?,15-,16-,17-,19-,20-/m0/s1. The van der Waals surface area contributed by atoms with Gasteiger partial charge in [-0.2, -0.15) is 0 Å². The first-order chi connectivity index (χ1) is 11.4. The van der Waals surface area contributed by atoms with Crippen LogP contribution in [0.5, 0.6) is 0 Å². The number of carbonyl (C=O) groups is 1. The molecule has 4 saturated carbocycles. The normalized spacial score (nSPS) is 50.1. The Morgan fingerprint density at radius 3 is 2.38 bits per heavy atom. The van der Waals surface area contributed by atoms with Crippen LogP contribution in [0.2, 0.25) is 0 Å². The zero-order valence-corrected chi connectivity index (χ0v) is 15.9. The number of fused-ring (bicyclic) bond motifs is 5. The molecule has 0 amide bonds. The molecule has 4 aliphatic carbocycles. The first kappa shape index (κ1) is 17.0. The van der Waals surface area contributed by atoms with Gasteiger partial charge < -0.3 is 9.47 Å². The molecule has 3 heteroatoms. The predicted octanol–water partition coefficient (Wildman–Crippen LogP) is 4.59. The van der Waals surface area contributed by atoms with Crippen molar-refractivity contribution in [3.63, 3.8) is 0 Å². The predicted molar refractivity (Wildman–Crippen MR) is 93.5 cm³/mol. The maximum atomic E-state index is 12.5. The Hall–Kier alpha value is -0.410. The summed E-state index contributed by atoms with van der Waals surface area (Å²) in [5, 5.41) is 0. The van der Waals surface area contributed by atoms with Crippen LogP contribution in [0.25, 0.3) is 0 Å².